The molecule has 0 spiro atoms. The summed E-state index contributed by atoms with van der Waals surface area (Å²) in [7, 11) is 4.86. The maximum Gasteiger partial charge on any atom is 0.0782 e. The molecular formula is C22H48ClN. The average molecular weight is 362 g/mol. The largest absolute Gasteiger partial charge is 1.00 e. The highest BCUT2D eigenvalue weighted by Crippen LogP contribution is 2.14. The Balaban J connectivity index is 0. The smallest absolute Gasteiger partial charge is 0.0782 e. The van der Waals surface area contributed by atoms with Crippen molar-refractivity contribution >= 4 is 0 Å². The number of quaternary nitrogens is 1. The first-order chi connectivity index (χ1) is 10.8. The maximum atomic E-state index is 2.43. The highest BCUT2D eigenvalue weighted by Gasteiger charge is 2.13. The van der Waals surface area contributed by atoms with Crippen LogP contribution in [0.1, 0.15) is 105 Å². The van der Waals surface area contributed by atoms with Crippen LogP contribution in [0.25, 0.3) is 0 Å². The van der Waals surface area contributed by atoms with Crippen LogP contribution in [-0.2, 0) is 0 Å². The van der Waals surface area contributed by atoms with Gasteiger partial charge in [0, 0.05) is 0 Å². The Kier molecular flexibility index (Phi) is 18.4. The highest BCUT2D eigenvalue weighted by molar-refractivity contribution is 4.50. The van der Waals surface area contributed by atoms with Crippen molar-refractivity contribution < 1.29 is 16.9 Å². The number of rotatable bonds is 16. The van der Waals surface area contributed by atoms with Gasteiger partial charge in [0.2, 0.25) is 0 Å². The number of unbranched alkanes of at least 4 members (excludes halogenated alkanes) is 8. The Morgan fingerprint density at radius 1 is 0.500 bits per heavy atom. The van der Waals surface area contributed by atoms with Crippen LogP contribution < -0.4 is 12.4 Å². The van der Waals surface area contributed by atoms with Crippen molar-refractivity contribution in [3.63, 3.8) is 0 Å². The van der Waals surface area contributed by atoms with Crippen LogP contribution in [0.2, 0.25) is 0 Å². The van der Waals surface area contributed by atoms with Crippen molar-refractivity contribution in [1.29, 1.82) is 0 Å². The molecule has 0 bridgehead atoms. The monoisotopic (exact) mass is 361 g/mol. The number of hydrogen-bond donors (Lipinski definition) is 0. The van der Waals surface area contributed by atoms with Crippen LogP contribution in [0.15, 0.2) is 0 Å². The van der Waals surface area contributed by atoms with Crippen molar-refractivity contribution in [2.45, 2.75) is 105 Å². The fraction of sp³-hybridized carbons (Fsp3) is 1.00. The molecule has 0 amide bonds. The minimum Gasteiger partial charge on any atom is -1.00 e. The van der Waals surface area contributed by atoms with E-state index in [1.54, 1.807) is 0 Å². The summed E-state index contributed by atoms with van der Waals surface area (Å²) < 4.78 is 1.23. The van der Waals surface area contributed by atoms with Crippen LogP contribution >= 0.6 is 0 Å². The van der Waals surface area contributed by atoms with E-state index >= 15 is 0 Å². The van der Waals surface area contributed by atoms with Crippen LogP contribution in [0.5, 0.6) is 0 Å². The lowest BCUT2D eigenvalue weighted by Gasteiger charge is -2.30. The van der Waals surface area contributed by atoms with E-state index in [4.69, 9.17) is 0 Å². The molecule has 0 aromatic rings. The zero-order valence-corrected chi connectivity index (χ0v) is 18.6. The molecule has 0 saturated carbocycles. The van der Waals surface area contributed by atoms with Crippen molar-refractivity contribution in [3.05, 3.63) is 0 Å². The molecule has 0 saturated heterocycles. The second-order valence-corrected chi connectivity index (χ2v) is 9.28. The molecule has 0 heterocycles. The molecule has 148 valence electrons. The number of hydrogen-bond acceptors (Lipinski definition) is 0. The summed E-state index contributed by atoms with van der Waals surface area (Å²) >= 11 is 0. The second-order valence-electron chi connectivity index (χ2n) is 9.28. The van der Waals surface area contributed by atoms with Gasteiger partial charge in [-0.2, -0.15) is 0 Å². The quantitative estimate of drug-likeness (QED) is 0.287. The van der Waals surface area contributed by atoms with Gasteiger partial charge in [-0.1, -0.05) is 79.1 Å². The molecule has 0 aromatic heterocycles. The van der Waals surface area contributed by atoms with E-state index in [9.17, 15) is 0 Å². The van der Waals surface area contributed by atoms with Crippen molar-refractivity contribution in [2.24, 2.45) is 11.8 Å². The van der Waals surface area contributed by atoms with E-state index < -0.39 is 0 Å². The molecule has 0 aliphatic rings. The summed E-state index contributed by atoms with van der Waals surface area (Å²) in [6.07, 6.45) is 17.2. The minimum atomic E-state index is 0. The van der Waals surface area contributed by atoms with E-state index in [0.717, 1.165) is 11.8 Å². The van der Waals surface area contributed by atoms with Crippen LogP contribution in [0.3, 0.4) is 0 Å². The molecule has 24 heavy (non-hydrogen) atoms. The third kappa shape index (κ3) is 20.3. The molecule has 0 unspecified atom stereocenters. The van der Waals surface area contributed by atoms with Crippen LogP contribution in [-0.4, -0.2) is 31.7 Å². The summed E-state index contributed by atoms with van der Waals surface area (Å²) in [5.41, 5.74) is 0. The third-order valence-electron chi connectivity index (χ3n) is 5.09. The van der Waals surface area contributed by atoms with Gasteiger partial charge in [-0.25, -0.2) is 0 Å². The maximum absolute atomic E-state index is 2.43. The van der Waals surface area contributed by atoms with Gasteiger partial charge in [-0.3, -0.25) is 0 Å². The lowest BCUT2D eigenvalue weighted by Crippen LogP contribution is -3.00. The first-order valence-corrected chi connectivity index (χ1v) is 10.7. The Morgan fingerprint density at radius 3 is 1.12 bits per heavy atom. The van der Waals surface area contributed by atoms with Crippen LogP contribution in [0.4, 0.5) is 0 Å². The molecule has 0 fully saturated rings. The summed E-state index contributed by atoms with van der Waals surface area (Å²) in [4.78, 5) is 0. The van der Waals surface area contributed by atoms with Crippen molar-refractivity contribution in [1.82, 2.24) is 0 Å². The topological polar surface area (TPSA) is 0 Å². The van der Waals surface area contributed by atoms with Gasteiger partial charge in [0.1, 0.15) is 0 Å². The average Bonchev–Trinajstić information content (AvgIpc) is 2.44. The Hall–Kier alpha value is 0.250. The van der Waals surface area contributed by atoms with Gasteiger partial charge in [0.15, 0.2) is 0 Å². The molecule has 0 radical (unpaired) electrons. The Morgan fingerprint density at radius 2 is 0.792 bits per heavy atom. The Bertz CT molecular complexity index is 224. The lowest BCUT2D eigenvalue weighted by atomic mass is 10.0. The SMILES string of the molecule is CC(C)CCCCCCC[N+](C)(C)CCCCCCCC(C)C.[Cl-]. The van der Waals surface area contributed by atoms with Gasteiger partial charge in [-0.05, 0) is 37.5 Å². The summed E-state index contributed by atoms with van der Waals surface area (Å²) in [6, 6.07) is 0. The number of halogens is 1. The minimum absolute atomic E-state index is 0. The third-order valence-corrected chi connectivity index (χ3v) is 5.09. The van der Waals surface area contributed by atoms with Crippen LogP contribution in [0, 0.1) is 11.8 Å². The van der Waals surface area contributed by atoms with Gasteiger partial charge >= 0.3 is 0 Å². The molecule has 0 atom stereocenters. The predicted octanol–water partition coefficient (Wildman–Crippen LogP) is 4.06. The molecule has 2 heteroatoms. The van der Waals surface area contributed by atoms with E-state index in [1.807, 2.05) is 0 Å². The standard InChI is InChI=1S/C22H48N.ClH/c1-21(2)17-13-9-7-11-15-19-23(5,6)20-16-12-8-10-14-18-22(3)4;/h21-22H,7-20H2,1-6H3;1H/q+1;/p-1. The van der Waals surface area contributed by atoms with Gasteiger partial charge < -0.3 is 16.9 Å². The van der Waals surface area contributed by atoms with E-state index in [-0.39, 0.29) is 12.4 Å². The highest BCUT2D eigenvalue weighted by atomic mass is 35.5. The first-order valence-electron chi connectivity index (χ1n) is 10.7. The van der Waals surface area contributed by atoms with Gasteiger partial charge in [0.25, 0.3) is 0 Å². The predicted molar refractivity (Wildman–Crippen MR) is 107 cm³/mol. The number of nitrogens with zero attached hydrogens (tertiary/aromatic N) is 1. The molecule has 1 nitrogen and oxygen atoms in total. The lowest BCUT2D eigenvalue weighted by molar-refractivity contribution is -0.890. The van der Waals surface area contributed by atoms with E-state index in [1.165, 1.54) is 94.6 Å². The zero-order valence-electron chi connectivity index (χ0n) is 17.9. The molecular weight excluding hydrogens is 314 g/mol. The Labute approximate surface area is 161 Å². The van der Waals surface area contributed by atoms with Crippen molar-refractivity contribution in [3.8, 4) is 0 Å². The van der Waals surface area contributed by atoms with Crippen molar-refractivity contribution in [2.75, 3.05) is 27.2 Å². The normalized spacial score (nSPS) is 12.0. The summed E-state index contributed by atoms with van der Waals surface area (Å²) in [6.45, 7) is 12.1. The molecule has 0 aliphatic heterocycles. The molecule has 0 rings (SSSR count). The van der Waals surface area contributed by atoms with E-state index in [2.05, 4.69) is 41.8 Å². The fourth-order valence-electron chi connectivity index (χ4n) is 3.36. The van der Waals surface area contributed by atoms with E-state index in [0.29, 0.717) is 0 Å². The fourth-order valence-corrected chi connectivity index (χ4v) is 3.36. The molecule has 0 aliphatic carbocycles. The second kappa shape index (κ2) is 16.7. The van der Waals surface area contributed by atoms with Gasteiger partial charge in [-0.15, -0.1) is 0 Å². The zero-order chi connectivity index (χ0) is 17.6. The van der Waals surface area contributed by atoms with Gasteiger partial charge in [0.05, 0.1) is 27.2 Å². The summed E-state index contributed by atoms with van der Waals surface area (Å²) in [5, 5.41) is 0. The molecule has 0 N–H and O–H groups in total. The first kappa shape index (κ1) is 26.5. The molecule has 0 aromatic carbocycles. The summed E-state index contributed by atoms with van der Waals surface area (Å²) in [5.74, 6) is 1.77.